The summed E-state index contributed by atoms with van der Waals surface area (Å²) in [7, 11) is 0. The van der Waals surface area contributed by atoms with E-state index >= 15 is 0 Å². The Morgan fingerprint density at radius 2 is 2.36 bits per heavy atom. The average Bonchev–Trinajstić information content (AvgIpc) is 2.67. The van der Waals surface area contributed by atoms with Crippen molar-refractivity contribution in [2.24, 2.45) is 0 Å². The summed E-state index contributed by atoms with van der Waals surface area (Å²) >= 11 is 1.56. The third-order valence-electron chi connectivity index (χ3n) is 1.63. The minimum Gasteiger partial charge on any atom is -0.377 e. The molecule has 2 heterocycles. The number of nitrogens with zero attached hydrogens (tertiary/aromatic N) is 2. The molecule has 0 atom stereocenters. The summed E-state index contributed by atoms with van der Waals surface area (Å²) < 4.78 is 12.7. The molecule has 0 saturated carbocycles. The predicted octanol–water partition coefficient (Wildman–Crippen LogP) is 2.29. The van der Waals surface area contributed by atoms with E-state index in [1.54, 1.807) is 23.7 Å². The van der Waals surface area contributed by atoms with E-state index in [1.165, 1.54) is 12.3 Å². The zero-order valence-electron chi connectivity index (χ0n) is 7.27. The summed E-state index contributed by atoms with van der Waals surface area (Å²) in [6.07, 6.45) is 4.50. The van der Waals surface area contributed by atoms with E-state index in [0.29, 0.717) is 12.2 Å². The smallest absolute Gasteiger partial charge is 0.143 e. The van der Waals surface area contributed by atoms with Gasteiger partial charge in [-0.1, -0.05) is 0 Å². The van der Waals surface area contributed by atoms with Gasteiger partial charge in [-0.3, -0.25) is 4.98 Å². The maximum atomic E-state index is 12.7. The van der Waals surface area contributed by atoms with E-state index in [2.05, 4.69) is 15.3 Å². The minimum atomic E-state index is -0.339. The molecule has 0 bridgehead atoms. The number of pyridine rings is 1. The van der Waals surface area contributed by atoms with Gasteiger partial charge in [0.1, 0.15) is 10.8 Å². The van der Waals surface area contributed by atoms with Crippen molar-refractivity contribution in [3.05, 3.63) is 40.9 Å². The van der Waals surface area contributed by atoms with Gasteiger partial charge in [-0.2, -0.15) is 0 Å². The lowest BCUT2D eigenvalue weighted by Gasteiger charge is -2.02. The minimum absolute atomic E-state index is 0.339. The number of rotatable bonds is 3. The first-order chi connectivity index (χ1) is 6.84. The molecule has 0 aliphatic rings. The van der Waals surface area contributed by atoms with Crippen LogP contribution in [0.2, 0.25) is 0 Å². The van der Waals surface area contributed by atoms with Gasteiger partial charge in [0.25, 0.3) is 0 Å². The van der Waals surface area contributed by atoms with Gasteiger partial charge in [-0.25, -0.2) is 9.37 Å². The molecule has 2 aromatic heterocycles. The molecular formula is C9H8FN3S. The highest BCUT2D eigenvalue weighted by Crippen LogP contribution is 2.10. The van der Waals surface area contributed by atoms with Crippen molar-refractivity contribution in [3.8, 4) is 0 Å². The lowest BCUT2D eigenvalue weighted by molar-refractivity contribution is 0.622. The molecule has 0 saturated heterocycles. The summed E-state index contributed by atoms with van der Waals surface area (Å²) in [5, 5.41) is 5.90. The van der Waals surface area contributed by atoms with Crippen molar-refractivity contribution in [2.45, 2.75) is 6.54 Å². The predicted molar refractivity (Wildman–Crippen MR) is 53.6 cm³/mol. The van der Waals surface area contributed by atoms with Crippen LogP contribution >= 0.6 is 11.3 Å². The maximum absolute atomic E-state index is 12.7. The number of thiazole rings is 1. The molecule has 72 valence electrons. The van der Waals surface area contributed by atoms with Crippen LogP contribution in [0.4, 0.5) is 10.1 Å². The molecule has 14 heavy (non-hydrogen) atoms. The molecule has 2 rings (SSSR count). The molecular weight excluding hydrogens is 201 g/mol. The van der Waals surface area contributed by atoms with E-state index < -0.39 is 0 Å². The number of nitrogens with one attached hydrogen (secondary N) is 1. The van der Waals surface area contributed by atoms with Crippen LogP contribution in [-0.2, 0) is 6.54 Å². The fourth-order valence-corrected chi connectivity index (χ4v) is 1.58. The molecule has 3 nitrogen and oxygen atoms in total. The fourth-order valence-electron chi connectivity index (χ4n) is 1.03. The molecule has 0 aliphatic heterocycles. The zero-order chi connectivity index (χ0) is 9.80. The Balaban J connectivity index is 1.98. The van der Waals surface area contributed by atoms with Gasteiger partial charge >= 0.3 is 0 Å². The second kappa shape index (κ2) is 4.15. The van der Waals surface area contributed by atoms with Gasteiger partial charge in [-0.05, 0) is 0 Å². The van der Waals surface area contributed by atoms with E-state index in [1.807, 2.05) is 5.38 Å². The fraction of sp³-hybridized carbons (Fsp3) is 0.111. The number of hydrogen-bond donors (Lipinski definition) is 1. The van der Waals surface area contributed by atoms with Gasteiger partial charge in [0.2, 0.25) is 0 Å². The highest BCUT2D eigenvalue weighted by molar-refractivity contribution is 7.09. The normalized spacial score (nSPS) is 10.1. The van der Waals surface area contributed by atoms with E-state index in [4.69, 9.17) is 0 Å². The monoisotopic (exact) mass is 209 g/mol. The van der Waals surface area contributed by atoms with Gasteiger partial charge in [0.05, 0.1) is 24.6 Å². The molecule has 0 aromatic carbocycles. The Morgan fingerprint density at radius 1 is 1.43 bits per heavy atom. The van der Waals surface area contributed by atoms with Crippen molar-refractivity contribution in [3.63, 3.8) is 0 Å². The summed E-state index contributed by atoms with van der Waals surface area (Å²) in [6.45, 7) is 0.600. The Kier molecular flexibility index (Phi) is 2.69. The van der Waals surface area contributed by atoms with Crippen molar-refractivity contribution >= 4 is 17.0 Å². The summed E-state index contributed by atoms with van der Waals surface area (Å²) in [6, 6.07) is 1.40. The zero-order valence-corrected chi connectivity index (χ0v) is 8.09. The number of aromatic nitrogens is 2. The third-order valence-corrected chi connectivity index (χ3v) is 2.41. The van der Waals surface area contributed by atoms with Crippen molar-refractivity contribution in [1.29, 1.82) is 0 Å². The van der Waals surface area contributed by atoms with Crippen LogP contribution in [0.5, 0.6) is 0 Å². The van der Waals surface area contributed by atoms with Gasteiger partial charge in [0.15, 0.2) is 0 Å². The molecule has 0 fully saturated rings. The van der Waals surface area contributed by atoms with Gasteiger partial charge in [-0.15, -0.1) is 11.3 Å². The Labute approximate surface area is 84.6 Å². The van der Waals surface area contributed by atoms with Gasteiger partial charge in [0, 0.05) is 17.6 Å². The molecule has 0 amide bonds. The second-order valence-corrected chi connectivity index (χ2v) is 3.65. The highest BCUT2D eigenvalue weighted by Gasteiger charge is 1.97. The van der Waals surface area contributed by atoms with Crippen LogP contribution in [0.25, 0.3) is 0 Å². The van der Waals surface area contributed by atoms with E-state index in [9.17, 15) is 4.39 Å². The summed E-state index contributed by atoms with van der Waals surface area (Å²) in [5.74, 6) is -0.339. The van der Waals surface area contributed by atoms with Crippen LogP contribution < -0.4 is 5.32 Å². The molecule has 0 unspecified atom stereocenters. The molecule has 0 radical (unpaired) electrons. The Bertz CT molecular complexity index is 402. The van der Waals surface area contributed by atoms with Crippen LogP contribution in [0.3, 0.4) is 0 Å². The largest absolute Gasteiger partial charge is 0.377 e. The van der Waals surface area contributed by atoms with Gasteiger partial charge < -0.3 is 5.32 Å². The van der Waals surface area contributed by atoms with Crippen LogP contribution in [-0.4, -0.2) is 9.97 Å². The SMILES string of the molecule is Fc1cncc(NCc2nccs2)c1. The quantitative estimate of drug-likeness (QED) is 0.842. The summed E-state index contributed by atoms with van der Waals surface area (Å²) in [5.41, 5.74) is 0.667. The summed E-state index contributed by atoms with van der Waals surface area (Å²) in [4.78, 5) is 7.83. The van der Waals surface area contributed by atoms with E-state index in [0.717, 1.165) is 5.01 Å². The molecule has 5 heteroatoms. The number of hydrogen-bond acceptors (Lipinski definition) is 4. The molecule has 1 N–H and O–H groups in total. The van der Waals surface area contributed by atoms with Crippen LogP contribution in [0.15, 0.2) is 30.0 Å². The first kappa shape index (κ1) is 9.08. The Hall–Kier alpha value is -1.49. The lowest BCUT2D eigenvalue weighted by Crippen LogP contribution is -1.99. The molecule has 2 aromatic rings. The van der Waals surface area contributed by atoms with Crippen molar-refractivity contribution in [1.82, 2.24) is 9.97 Å². The van der Waals surface area contributed by atoms with Crippen LogP contribution in [0, 0.1) is 5.82 Å². The molecule has 0 aliphatic carbocycles. The highest BCUT2D eigenvalue weighted by atomic mass is 32.1. The van der Waals surface area contributed by atoms with Crippen molar-refractivity contribution in [2.75, 3.05) is 5.32 Å². The number of anilines is 1. The third kappa shape index (κ3) is 2.26. The topological polar surface area (TPSA) is 37.8 Å². The standard InChI is InChI=1S/C9H8FN3S/c10-7-3-8(5-11-4-7)13-6-9-12-1-2-14-9/h1-5,13H,6H2. The Morgan fingerprint density at radius 3 is 3.07 bits per heavy atom. The van der Waals surface area contributed by atoms with E-state index in [-0.39, 0.29) is 5.82 Å². The van der Waals surface area contributed by atoms with Crippen LogP contribution in [0.1, 0.15) is 5.01 Å². The second-order valence-electron chi connectivity index (χ2n) is 2.67. The first-order valence-electron chi connectivity index (χ1n) is 4.07. The molecule has 0 spiro atoms. The van der Waals surface area contributed by atoms with Crippen molar-refractivity contribution < 1.29 is 4.39 Å². The number of halogens is 1. The maximum Gasteiger partial charge on any atom is 0.143 e. The lowest BCUT2D eigenvalue weighted by atomic mass is 10.4. The first-order valence-corrected chi connectivity index (χ1v) is 4.95. The average molecular weight is 209 g/mol.